The summed E-state index contributed by atoms with van der Waals surface area (Å²) in [6.45, 7) is 5.41. The van der Waals surface area contributed by atoms with Crippen LogP contribution in [0.3, 0.4) is 0 Å². The largest absolute Gasteiger partial charge is 0.385 e. The highest BCUT2D eigenvalue weighted by molar-refractivity contribution is 9.10. The Bertz CT molecular complexity index is 305. The third-order valence-electron chi connectivity index (χ3n) is 1.99. The number of halogens is 1. The second kappa shape index (κ2) is 4.07. The molecule has 0 aliphatic rings. The molecule has 0 fully saturated rings. The van der Waals surface area contributed by atoms with E-state index in [4.69, 9.17) is 0 Å². The van der Waals surface area contributed by atoms with Crippen molar-refractivity contribution in [2.75, 3.05) is 0 Å². The van der Waals surface area contributed by atoms with Crippen LogP contribution in [0.4, 0.5) is 0 Å². The molecule has 0 saturated heterocycles. The van der Waals surface area contributed by atoms with E-state index in [0.717, 1.165) is 10.0 Å². The summed E-state index contributed by atoms with van der Waals surface area (Å²) in [6, 6.07) is 7.68. The molecule has 1 aromatic carbocycles. The van der Waals surface area contributed by atoms with E-state index in [1.807, 2.05) is 24.3 Å². The first-order valence-corrected chi connectivity index (χ1v) is 4.95. The molecule has 0 bridgehead atoms. The predicted octanol–water partition coefficient (Wildman–Crippen LogP) is 3.23. The highest BCUT2D eigenvalue weighted by atomic mass is 79.9. The Hall–Kier alpha value is -0.600. The van der Waals surface area contributed by atoms with Crippen LogP contribution in [0.2, 0.25) is 0 Å². The van der Waals surface area contributed by atoms with Crippen molar-refractivity contribution in [3.05, 3.63) is 47.0 Å². The summed E-state index contributed by atoms with van der Waals surface area (Å²) in [7, 11) is 0. The van der Waals surface area contributed by atoms with Gasteiger partial charge < -0.3 is 5.11 Å². The molecule has 0 spiro atoms. The van der Waals surface area contributed by atoms with Crippen molar-refractivity contribution in [3.8, 4) is 0 Å². The zero-order chi connectivity index (χ0) is 9.90. The Morgan fingerprint density at radius 2 is 2.31 bits per heavy atom. The first kappa shape index (κ1) is 10.5. The van der Waals surface area contributed by atoms with Gasteiger partial charge in [0.25, 0.3) is 0 Å². The molecule has 1 N–H and O–H groups in total. The average molecular weight is 241 g/mol. The summed E-state index contributed by atoms with van der Waals surface area (Å²) >= 11 is 3.37. The highest BCUT2D eigenvalue weighted by Crippen LogP contribution is 2.26. The minimum absolute atomic E-state index is 0.559. The summed E-state index contributed by atoms with van der Waals surface area (Å²) in [6.07, 6.45) is 2.28. The summed E-state index contributed by atoms with van der Waals surface area (Å²) in [5.74, 6) is 0. The lowest BCUT2D eigenvalue weighted by molar-refractivity contribution is 0.0606. The smallest absolute Gasteiger partial charge is 0.0903 e. The Morgan fingerprint density at radius 3 is 2.85 bits per heavy atom. The summed E-state index contributed by atoms with van der Waals surface area (Å²) in [5.41, 5.74) is 0.0905. The van der Waals surface area contributed by atoms with Gasteiger partial charge >= 0.3 is 0 Å². The molecule has 70 valence electrons. The lowest BCUT2D eigenvalue weighted by atomic mass is 9.93. The Labute approximate surface area is 87.2 Å². The second-order valence-corrected chi connectivity index (χ2v) is 4.19. The van der Waals surface area contributed by atoms with Crippen LogP contribution in [-0.2, 0) is 5.60 Å². The van der Waals surface area contributed by atoms with Crippen molar-refractivity contribution in [2.24, 2.45) is 0 Å². The molecule has 0 heterocycles. The van der Waals surface area contributed by atoms with Gasteiger partial charge in [-0.25, -0.2) is 0 Å². The van der Waals surface area contributed by atoms with E-state index < -0.39 is 5.60 Å². The maximum Gasteiger partial charge on any atom is 0.0903 e. The van der Waals surface area contributed by atoms with E-state index in [-0.39, 0.29) is 0 Å². The fourth-order valence-corrected chi connectivity index (χ4v) is 1.62. The van der Waals surface area contributed by atoms with Gasteiger partial charge in [-0.15, -0.1) is 6.58 Å². The Kier molecular flexibility index (Phi) is 3.28. The van der Waals surface area contributed by atoms with Gasteiger partial charge in [-0.05, 0) is 31.0 Å². The molecule has 1 aromatic rings. The molecule has 0 saturated carbocycles. The van der Waals surface area contributed by atoms with Crippen LogP contribution < -0.4 is 0 Å². The number of hydrogen-bond acceptors (Lipinski definition) is 1. The SMILES string of the molecule is C=CC[C@@](C)(O)c1cccc(Br)c1. The van der Waals surface area contributed by atoms with Gasteiger partial charge in [-0.3, -0.25) is 0 Å². The number of rotatable bonds is 3. The topological polar surface area (TPSA) is 20.2 Å². The zero-order valence-electron chi connectivity index (χ0n) is 7.63. The van der Waals surface area contributed by atoms with E-state index >= 15 is 0 Å². The van der Waals surface area contributed by atoms with Crippen LogP contribution in [0.1, 0.15) is 18.9 Å². The minimum atomic E-state index is -0.814. The first-order valence-electron chi connectivity index (χ1n) is 4.15. The fourth-order valence-electron chi connectivity index (χ4n) is 1.22. The third kappa shape index (κ3) is 2.68. The molecular formula is C11H13BrO. The maximum absolute atomic E-state index is 10.0. The lowest BCUT2D eigenvalue weighted by Crippen LogP contribution is -2.19. The predicted molar refractivity (Wildman–Crippen MR) is 58.5 cm³/mol. The van der Waals surface area contributed by atoms with Crippen LogP contribution in [0.25, 0.3) is 0 Å². The van der Waals surface area contributed by atoms with Crippen LogP contribution in [-0.4, -0.2) is 5.11 Å². The molecule has 0 aliphatic carbocycles. The molecule has 13 heavy (non-hydrogen) atoms. The molecule has 1 atom stereocenters. The van der Waals surface area contributed by atoms with Gasteiger partial charge in [0.15, 0.2) is 0 Å². The molecule has 1 rings (SSSR count). The average Bonchev–Trinajstić information content (AvgIpc) is 2.04. The van der Waals surface area contributed by atoms with Gasteiger partial charge in [0, 0.05) is 4.47 Å². The number of benzene rings is 1. The minimum Gasteiger partial charge on any atom is -0.385 e. The van der Waals surface area contributed by atoms with Gasteiger partial charge in [-0.1, -0.05) is 34.1 Å². The van der Waals surface area contributed by atoms with E-state index in [1.54, 1.807) is 13.0 Å². The normalized spacial score (nSPS) is 15.0. The van der Waals surface area contributed by atoms with E-state index in [0.29, 0.717) is 6.42 Å². The van der Waals surface area contributed by atoms with Crippen LogP contribution in [0.15, 0.2) is 41.4 Å². The van der Waals surface area contributed by atoms with Crippen molar-refractivity contribution in [3.63, 3.8) is 0 Å². The third-order valence-corrected chi connectivity index (χ3v) is 2.48. The lowest BCUT2D eigenvalue weighted by Gasteiger charge is -2.22. The molecular weight excluding hydrogens is 228 g/mol. The standard InChI is InChI=1S/C11H13BrO/c1-3-7-11(2,13)9-5-4-6-10(12)8-9/h3-6,8,13H,1,7H2,2H3/t11-/m1/s1. The molecule has 0 amide bonds. The number of aliphatic hydroxyl groups is 1. The molecule has 2 heteroatoms. The van der Waals surface area contributed by atoms with Gasteiger partial charge in [0.05, 0.1) is 5.60 Å². The monoisotopic (exact) mass is 240 g/mol. The van der Waals surface area contributed by atoms with Crippen molar-refractivity contribution >= 4 is 15.9 Å². The van der Waals surface area contributed by atoms with Crippen molar-refractivity contribution in [2.45, 2.75) is 18.9 Å². The second-order valence-electron chi connectivity index (χ2n) is 3.28. The van der Waals surface area contributed by atoms with Crippen LogP contribution in [0.5, 0.6) is 0 Å². The first-order chi connectivity index (χ1) is 6.06. The molecule has 0 aromatic heterocycles. The summed E-state index contributed by atoms with van der Waals surface area (Å²) < 4.78 is 0.981. The van der Waals surface area contributed by atoms with Gasteiger partial charge in [0.1, 0.15) is 0 Å². The molecule has 0 unspecified atom stereocenters. The van der Waals surface area contributed by atoms with Gasteiger partial charge in [-0.2, -0.15) is 0 Å². The van der Waals surface area contributed by atoms with Crippen LogP contribution >= 0.6 is 15.9 Å². The molecule has 0 aliphatic heterocycles. The van der Waals surface area contributed by atoms with Crippen LogP contribution in [0, 0.1) is 0 Å². The molecule has 0 radical (unpaired) electrons. The van der Waals surface area contributed by atoms with Crippen molar-refractivity contribution < 1.29 is 5.11 Å². The summed E-state index contributed by atoms with van der Waals surface area (Å²) in [4.78, 5) is 0. The van der Waals surface area contributed by atoms with Crippen molar-refractivity contribution in [1.29, 1.82) is 0 Å². The quantitative estimate of drug-likeness (QED) is 0.805. The Balaban J connectivity index is 2.99. The fraction of sp³-hybridized carbons (Fsp3) is 0.273. The molecule has 1 nitrogen and oxygen atoms in total. The van der Waals surface area contributed by atoms with E-state index in [9.17, 15) is 5.11 Å². The summed E-state index contributed by atoms with van der Waals surface area (Å²) in [5, 5.41) is 10.0. The maximum atomic E-state index is 10.0. The van der Waals surface area contributed by atoms with Crippen molar-refractivity contribution in [1.82, 2.24) is 0 Å². The highest BCUT2D eigenvalue weighted by Gasteiger charge is 2.20. The van der Waals surface area contributed by atoms with Gasteiger partial charge in [0.2, 0.25) is 0 Å². The van der Waals surface area contributed by atoms with E-state index in [1.165, 1.54) is 0 Å². The Morgan fingerprint density at radius 1 is 1.62 bits per heavy atom. The zero-order valence-corrected chi connectivity index (χ0v) is 9.21. The number of hydrogen-bond donors (Lipinski definition) is 1. The van der Waals surface area contributed by atoms with E-state index in [2.05, 4.69) is 22.5 Å².